The molecule has 2 aliphatic rings. The molecule has 2 atom stereocenters. The summed E-state index contributed by atoms with van der Waals surface area (Å²) < 4.78 is 0. The maximum absolute atomic E-state index is 11.3. The van der Waals surface area contributed by atoms with Gasteiger partial charge in [-0.25, -0.2) is 0 Å². The molecule has 1 aliphatic heterocycles. The zero-order valence-electron chi connectivity index (χ0n) is 12.2. The molecule has 1 aliphatic carbocycles. The summed E-state index contributed by atoms with van der Waals surface area (Å²) in [5.74, 6) is 0. The molecule has 2 unspecified atom stereocenters. The highest BCUT2D eigenvalue weighted by Gasteiger charge is 2.50. The lowest BCUT2D eigenvalue weighted by Crippen LogP contribution is -2.55. The van der Waals surface area contributed by atoms with Crippen molar-refractivity contribution in [2.75, 3.05) is 19.6 Å². The largest absolute Gasteiger partial charge is 0.389 e. The van der Waals surface area contributed by atoms with Gasteiger partial charge >= 0.3 is 0 Å². The summed E-state index contributed by atoms with van der Waals surface area (Å²) >= 11 is 0. The van der Waals surface area contributed by atoms with Crippen LogP contribution in [0.2, 0.25) is 0 Å². The van der Waals surface area contributed by atoms with Gasteiger partial charge in [0.2, 0.25) is 0 Å². The van der Waals surface area contributed by atoms with Gasteiger partial charge in [-0.05, 0) is 62.7 Å². The predicted octanol–water partition coefficient (Wildman–Crippen LogP) is 1.62. The van der Waals surface area contributed by atoms with Crippen molar-refractivity contribution in [3.05, 3.63) is 35.4 Å². The first-order valence-corrected chi connectivity index (χ1v) is 7.89. The zero-order valence-corrected chi connectivity index (χ0v) is 12.2. The molecule has 110 valence electrons. The SMILES string of the molecule is NCC1(C2(O)CCCNCC2)CCc2ccccc2C1. The minimum atomic E-state index is -0.612. The molecule has 1 fully saturated rings. The Balaban J connectivity index is 1.92. The molecular weight excluding hydrogens is 248 g/mol. The molecule has 0 bridgehead atoms. The summed E-state index contributed by atoms with van der Waals surface area (Å²) in [6.45, 7) is 2.50. The van der Waals surface area contributed by atoms with Gasteiger partial charge in [-0.3, -0.25) is 0 Å². The van der Waals surface area contributed by atoms with Gasteiger partial charge in [-0.2, -0.15) is 0 Å². The summed E-state index contributed by atoms with van der Waals surface area (Å²) in [4.78, 5) is 0. The number of hydrogen-bond donors (Lipinski definition) is 3. The maximum Gasteiger partial charge on any atom is 0.0731 e. The van der Waals surface area contributed by atoms with Crippen LogP contribution < -0.4 is 11.1 Å². The number of nitrogens with two attached hydrogens (primary N) is 1. The van der Waals surface area contributed by atoms with Crippen LogP contribution in [0.15, 0.2) is 24.3 Å². The van der Waals surface area contributed by atoms with E-state index in [-0.39, 0.29) is 5.41 Å². The van der Waals surface area contributed by atoms with Gasteiger partial charge in [0.15, 0.2) is 0 Å². The van der Waals surface area contributed by atoms with Crippen molar-refractivity contribution in [3.8, 4) is 0 Å². The van der Waals surface area contributed by atoms with E-state index in [1.807, 2.05) is 0 Å². The smallest absolute Gasteiger partial charge is 0.0731 e. The third-order valence-electron chi connectivity index (χ3n) is 5.56. The van der Waals surface area contributed by atoms with Crippen molar-refractivity contribution in [2.24, 2.45) is 11.1 Å². The van der Waals surface area contributed by atoms with Crippen LogP contribution in [0.25, 0.3) is 0 Å². The molecule has 1 aromatic rings. The second kappa shape index (κ2) is 5.47. The van der Waals surface area contributed by atoms with E-state index in [9.17, 15) is 5.11 Å². The summed E-state index contributed by atoms with van der Waals surface area (Å²) in [5.41, 5.74) is 8.25. The second-order valence-electron chi connectivity index (χ2n) is 6.57. The quantitative estimate of drug-likeness (QED) is 0.768. The van der Waals surface area contributed by atoms with Crippen LogP contribution in [-0.4, -0.2) is 30.3 Å². The fraction of sp³-hybridized carbons (Fsp3) is 0.647. The van der Waals surface area contributed by atoms with Crippen molar-refractivity contribution in [2.45, 2.75) is 44.1 Å². The third kappa shape index (κ3) is 2.28. The van der Waals surface area contributed by atoms with Gasteiger partial charge in [-0.15, -0.1) is 0 Å². The van der Waals surface area contributed by atoms with Gasteiger partial charge in [0, 0.05) is 12.0 Å². The Morgan fingerprint density at radius 3 is 2.70 bits per heavy atom. The minimum Gasteiger partial charge on any atom is -0.389 e. The van der Waals surface area contributed by atoms with Crippen molar-refractivity contribution >= 4 is 0 Å². The van der Waals surface area contributed by atoms with E-state index in [2.05, 4.69) is 29.6 Å². The van der Waals surface area contributed by atoms with E-state index in [1.165, 1.54) is 11.1 Å². The molecular formula is C17H26N2O. The summed E-state index contributed by atoms with van der Waals surface area (Å²) in [6, 6.07) is 8.63. The minimum absolute atomic E-state index is 0.145. The average molecular weight is 274 g/mol. The van der Waals surface area contributed by atoms with E-state index in [0.29, 0.717) is 6.54 Å². The highest BCUT2D eigenvalue weighted by Crippen LogP contribution is 2.47. The molecule has 0 spiro atoms. The number of benzene rings is 1. The van der Waals surface area contributed by atoms with Crippen molar-refractivity contribution in [3.63, 3.8) is 0 Å². The third-order valence-corrected chi connectivity index (χ3v) is 5.56. The first-order valence-electron chi connectivity index (χ1n) is 7.89. The summed E-state index contributed by atoms with van der Waals surface area (Å²) in [6.07, 6.45) is 5.72. The molecule has 0 aromatic heterocycles. The first kappa shape index (κ1) is 14.1. The Morgan fingerprint density at radius 2 is 1.90 bits per heavy atom. The molecule has 3 rings (SSSR count). The maximum atomic E-state index is 11.3. The Morgan fingerprint density at radius 1 is 1.10 bits per heavy atom. The lowest BCUT2D eigenvalue weighted by atomic mass is 9.59. The number of fused-ring (bicyclic) bond motifs is 1. The van der Waals surface area contributed by atoms with Crippen LogP contribution in [0, 0.1) is 5.41 Å². The molecule has 1 aromatic carbocycles. The average Bonchev–Trinajstić information content (AvgIpc) is 2.72. The zero-order chi connectivity index (χ0) is 14.1. The molecule has 4 N–H and O–H groups in total. The number of hydrogen-bond acceptors (Lipinski definition) is 3. The number of rotatable bonds is 2. The molecule has 0 radical (unpaired) electrons. The van der Waals surface area contributed by atoms with Gasteiger partial charge in [0.05, 0.1) is 5.60 Å². The number of aryl methyl sites for hydroxylation is 1. The summed E-state index contributed by atoms with van der Waals surface area (Å²) in [7, 11) is 0. The molecule has 0 amide bonds. The highest BCUT2D eigenvalue weighted by atomic mass is 16.3. The normalized spacial score (nSPS) is 34.3. The van der Waals surface area contributed by atoms with Crippen LogP contribution in [0.4, 0.5) is 0 Å². The van der Waals surface area contributed by atoms with E-state index in [1.54, 1.807) is 0 Å². The number of aliphatic hydroxyl groups is 1. The number of nitrogens with one attached hydrogen (secondary N) is 1. The lowest BCUT2D eigenvalue weighted by molar-refractivity contribution is -0.0968. The van der Waals surface area contributed by atoms with Gasteiger partial charge < -0.3 is 16.2 Å². The molecule has 3 heteroatoms. The van der Waals surface area contributed by atoms with Crippen LogP contribution in [-0.2, 0) is 12.8 Å². The van der Waals surface area contributed by atoms with Gasteiger partial charge in [-0.1, -0.05) is 24.3 Å². The van der Waals surface area contributed by atoms with E-state index in [0.717, 1.165) is 51.6 Å². The van der Waals surface area contributed by atoms with E-state index < -0.39 is 5.60 Å². The van der Waals surface area contributed by atoms with Crippen molar-refractivity contribution in [1.29, 1.82) is 0 Å². The Kier molecular flexibility index (Phi) is 3.85. The predicted molar refractivity (Wildman–Crippen MR) is 81.6 cm³/mol. The van der Waals surface area contributed by atoms with Crippen LogP contribution in [0.3, 0.4) is 0 Å². The van der Waals surface area contributed by atoms with Crippen molar-refractivity contribution < 1.29 is 5.11 Å². The highest BCUT2D eigenvalue weighted by molar-refractivity contribution is 5.32. The first-order chi connectivity index (χ1) is 9.69. The molecule has 3 nitrogen and oxygen atoms in total. The standard InChI is InChI=1S/C17H26N2O/c18-13-16(17(20)7-3-10-19-11-9-17)8-6-14-4-1-2-5-15(14)12-16/h1-2,4-5,19-20H,3,6-13,18H2. The molecule has 1 heterocycles. The fourth-order valence-electron chi connectivity index (χ4n) is 4.14. The second-order valence-corrected chi connectivity index (χ2v) is 6.57. The van der Waals surface area contributed by atoms with Crippen LogP contribution >= 0.6 is 0 Å². The van der Waals surface area contributed by atoms with Crippen LogP contribution in [0.1, 0.15) is 36.8 Å². The van der Waals surface area contributed by atoms with Crippen molar-refractivity contribution in [1.82, 2.24) is 5.32 Å². The lowest BCUT2D eigenvalue weighted by Gasteiger charge is -2.49. The van der Waals surface area contributed by atoms with Gasteiger partial charge in [0.25, 0.3) is 0 Å². The fourth-order valence-corrected chi connectivity index (χ4v) is 4.14. The molecule has 1 saturated heterocycles. The Labute approximate surface area is 121 Å². The Bertz CT molecular complexity index is 466. The Hall–Kier alpha value is -0.900. The summed E-state index contributed by atoms with van der Waals surface area (Å²) in [5, 5.41) is 14.7. The van der Waals surface area contributed by atoms with E-state index in [4.69, 9.17) is 5.73 Å². The van der Waals surface area contributed by atoms with Gasteiger partial charge in [0.1, 0.15) is 0 Å². The monoisotopic (exact) mass is 274 g/mol. The topological polar surface area (TPSA) is 58.3 Å². The molecule has 0 saturated carbocycles. The van der Waals surface area contributed by atoms with Crippen LogP contribution in [0.5, 0.6) is 0 Å². The molecule has 20 heavy (non-hydrogen) atoms. The van der Waals surface area contributed by atoms with E-state index >= 15 is 0 Å².